The van der Waals surface area contributed by atoms with E-state index in [2.05, 4.69) is 11.0 Å². The lowest BCUT2D eigenvalue weighted by molar-refractivity contribution is -0.143. The molecule has 3 rings (SSSR count). The summed E-state index contributed by atoms with van der Waals surface area (Å²) in [6.45, 7) is 2.49. The Morgan fingerprint density at radius 3 is 2.68 bits per heavy atom. The zero-order chi connectivity index (χ0) is 13.2. The van der Waals surface area contributed by atoms with Crippen LogP contribution in [0.4, 0.5) is 0 Å². The zero-order valence-electron chi connectivity index (χ0n) is 10.9. The van der Waals surface area contributed by atoms with Crippen molar-refractivity contribution in [1.29, 1.82) is 0 Å². The number of piperidine rings is 1. The van der Waals surface area contributed by atoms with Gasteiger partial charge in [0.2, 0.25) is 0 Å². The second-order valence-electron chi connectivity index (χ2n) is 5.34. The number of likely N-dealkylation sites (tertiary alicyclic amines) is 1. The van der Waals surface area contributed by atoms with E-state index in [0.717, 1.165) is 44.7 Å². The van der Waals surface area contributed by atoms with Gasteiger partial charge in [-0.2, -0.15) is 0 Å². The smallest absolute Gasteiger partial charge is 0.306 e. The Balaban J connectivity index is 1.73. The number of ether oxygens (including phenoxy) is 1. The summed E-state index contributed by atoms with van der Waals surface area (Å²) in [7, 11) is 0. The summed E-state index contributed by atoms with van der Waals surface area (Å²) >= 11 is 0. The van der Waals surface area contributed by atoms with E-state index in [0.29, 0.717) is 6.04 Å². The van der Waals surface area contributed by atoms with E-state index < -0.39 is 5.97 Å². The predicted octanol–water partition coefficient (Wildman–Crippen LogP) is 2.31. The van der Waals surface area contributed by atoms with Crippen molar-refractivity contribution in [1.82, 2.24) is 4.90 Å². The van der Waals surface area contributed by atoms with E-state index in [9.17, 15) is 4.79 Å². The summed E-state index contributed by atoms with van der Waals surface area (Å²) in [5.41, 5.74) is 1.25. The van der Waals surface area contributed by atoms with Crippen molar-refractivity contribution in [2.75, 3.05) is 19.7 Å². The normalized spacial score (nSPS) is 24.5. The first kappa shape index (κ1) is 12.5. The molecule has 2 aliphatic heterocycles. The van der Waals surface area contributed by atoms with Crippen LogP contribution in [0, 0.1) is 5.92 Å². The second-order valence-corrected chi connectivity index (χ2v) is 5.34. The van der Waals surface area contributed by atoms with Gasteiger partial charge in [0, 0.05) is 18.0 Å². The number of carboxylic acid groups (broad SMARTS) is 1. The molecule has 1 unspecified atom stereocenters. The first-order valence-electron chi connectivity index (χ1n) is 6.94. The van der Waals surface area contributed by atoms with Crippen LogP contribution in [0.25, 0.3) is 0 Å². The van der Waals surface area contributed by atoms with Crippen LogP contribution in [0.1, 0.15) is 30.9 Å². The Kier molecular flexibility index (Phi) is 3.42. The summed E-state index contributed by atoms with van der Waals surface area (Å²) in [5.74, 6) is 0.178. The van der Waals surface area contributed by atoms with Gasteiger partial charge in [-0.3, -0.25) is 9.69 Å². The molecule has 0 aliphatic carbocycles. The number of para-hydroxylation sites is 1. The molecule has 1 aromatic rings. The molecule has 0 bridgehead atoms. The fourth-order valence-electron chi connectivity index (χ4n) is 3.16. The molecule has 1 atom stereocenters. The van der Waals surface area contributed by atoms with E-state index >= 15 is 0 Å². The Labute approximate surface area is 113 Å². The van der Waals surface area contributed by atoms with Gasteiger partial charge in [0.25, 0.3) is 0 Å². The van der Waals surface area contributed by atoms with E-state index in [-0.39, 0.29) is 5.92 Å². The maximum atomic E-state index is 11.0. The van der Waals surface area contributed by atoms with Crippen LogP contribution in [-0.2, 0) is 4.79 Å². The second kappa shape index (κ2) is 5.21. The maximum Gasteiger partial charge on any atom is 0.306 e. The molecule has 1 N–H and O–H groups in total. The molecule has 0 radical (unpaired) electrons. The first-order chi connectivity index (χ1) is 9.25. The molecule has 2 heterocycles. The number of rotatable bonds is 2. The predicted molar refractivity (Wildman–Crippen MR) is 71.2 cm³/mol. The van der Waals surface area contributed by atoms with E-state index in [4.69, 9.17) is 9.84 Å². The zero-order valence-corrected chi connectivity index (χ0v) is 10.9. The van der Waals surface area contributed by atoms with Crippen molar-refractivity contribution in [3.8, 4) is 5.75 Å². The number of hydrogen-bond acceptors (Lipinski definition) is 3. The van der Waals surface area contributed by atoms with Gasteiger partial charge in [0.1, 0.15) is 5.75 Å². The number of carboxylic acids is 1. The third kappa shape index (κ3) is 2.45. The quantitative estimate of drug-likeness (QED) is 0.887. The SMILES string of the molecule is O=C(O)C1CCN(C2CCOc3ccccc32)CC1. The molecule has 4 nitrogen and oxygen atoms in total. The fraction of sp³-hybridized carbons (Fsp3) is 0.533. The number of hydrogen-bond donors (Lipinski definition) is 1. The van der Waals surface area contributed by atoms with Gasteiger partial charge < -0.3 is 9.84 Å². The molecule has 0 spiro atoms. The molecule has 4 heteroatoms. The van der Waals surface area contributed by atoms with Crippen molar-refractivity contribution in [3.63, 3.8) is 0 Å². The lowest BCUT2D eigenvalue weighted by Gasteiger charge is -2.39. The minimum atomic E-state index is -0.646. The summed E-state index contributed by atoms with van der Waals surface area (Å²) in [4.78, 5) is 13.4. The average molecular weight is 261 g/mol. The van der Waals surface area contributed by atoms with Crippen LogP contribution < -0.4 is 4.74 Å². The summed E-state index contributed by atoms with van der Waals surface area (Å²) in [5, 5.41) is 9.05. The molecule has 0 aromatic heterocycles. The Hall–Kier alpha value is -1.55. The maximum absolute atomic E-state index is 11.0. The fourth-order valence-corrected chi connectivity index (χ4v) is 3.16. The molecule has 19 heavy (non-hydrogen) atoms. The van der Waals surface area contributed by atoms with Crippen molar-refractivity contribution < 1.29 is 14.6 Å². The third-order valence-electron chi connectivity index (χ3n) is 4.25. The third-order valence-corrected chi connectivity index (χ3v) is 4.25. The number of fused-ring (bicyclic) bond motifs is 1. The minimum absolute atomic E-state index is 0.161. The van der Waals surface area contributed by atoms with Crippen LogP contribution in [-0.4, -0.2) is 35.7 Å². The van der Waals surface area contributed by atoms with Crippen LogP contribution in [0.2, 0.25) is 0 Å². The summed E-state index contributed by atoms with van der Waals surface area (Å²) < 4.78 is 5.68. The molecule has 1 saturated heterocycles. The van der Waals surface area contributed by atoms with Gasteiger partial charge in [-0.1, -0.05) is 18.2 Å². The Morgan fingerprint density at radius 1 is 1.21 bits per heavy atom. The Morgan fingerprint density at radius 2 is 1.95 bits per heavy atom. The molecule has 2 aliphatic rings. The van der Waals surface area contributed by atoms with Crippen LogP contribution in [0.3, 0.4) is 0 Å². The highest BCUT2D eigenvalue weighted by Crippen LogP contribution is 2.37. The van der Waals surface area contributed by atoms with Gasteiger partial charge in [-0.15, -0.1) is 0 Å². The van der Waals surface area contributed by atoms with Crippen molar-refractivity contribution in [2.45, 2.75) is 25.3 Å². The van der Waals surface area contributed by atoms with E-state index in [1.54, 1.807) is 0 Å². The topological polar surface area (TPSA) is 49.8 Å². The number of nitrogens with zero attached hydrogens (tertiary/aromatic N) is 1. The molecule has 1 aromatic carbocycles. The van der Waals surface area contributed by atoms with Crippen molar-refractivity contribution in [3.05, 3.63) is 29.8 Å². The molecule has 0 amide bonds. The van der Waals surface area contributed by atoms with Gasteiger partial charge >= 0.3 is 5.97 Å². The van der Waals surface area contributed by atoms with Crippen molar-refractivity contribution >= 4 is 5.97 Å². The largest absolute Gasteiger partial charge is 0.493 e. The lowest BCUT2D eigenvalue weighted by atomic mass is 9.92. The highest BCUT2D eigenvalue weighted by molar-refractivity contribution is 5.70. The molecular weight excluding hydrogens is 242 g/mol. The average Bonchev–Trinajstić information content (AvgIpc) is 2.47. The highest BCUT2D eigenvalue weighted by atomic mass is 16.5. The van der Waals surface area contributed by atoms with Gasteiger partial charge in [-0.25, -0.2) is 0 Å². The Bertz CT molecular complexity index is 466. The van der Waals surface area contributed by atoms with Gasteiger partial charge in [0.05, 0.1) is 12.5 Å². The summed E-state index contributed by atoms with van der Waals surface area (Å²) in [6.07, 6.45) is 2.51. The number of aliphatic carboxylic acids is 1. The van der Waals surface area contributed by atoms with E-state index in [1.807, 2.05) is 18.2 Å². The minimum Gasteiger partial charge on any atom is -0.493 e. The molecule has 0 saturated carbocycles. The first-order valence-corrected chi connectivity index (χ1v) is 6.94. The highest BCUT2D eigenvalue weighted by Gasteiger charge is 2.31. The van der Waals surface area contributed by atoms with Gasteiger partial charge in [0.15, 0.2) is 0 Å². The van der Waals surface area contributed by atoms with Crippen LogP contribution in [0.15, 0.2) is 24.3 Å². The van der Waals surface area contributed by atoms with E-state index in [1.165, 1.54) is 5.56 Å². The van der Waals surface area contributed by atoms with Gasteiger partial charge in [-0.05, 0) is 32.0 Å². The molecule has 1 fully saturated rings. The number of carbonyl (C=O) groups is 1. The standard InChI is InChI=1S/C15H19NO3/c17-15(18)11-5-8-16(9-6-11)13-7-10-19-14-4-2-1-3-12(13)14/h1-4,11,13H,5-10H2,(H,17,18). The lowest BCUT2D eigenvalue weighted by Crippen LogP contribution is -2.40. The van der Waals surface area contributed by atoms with Crippen molar-refractivity contribution in [2.24, 2.45) is 5.92 Å². The molecular formula is C15H19NO3. The van der Waals surface area contributed by atoms with Crippen LogP contribution in [0.5, 0.6) is 5.75 Å². The number of benzene rings is 1. The monoisotopic (exact) mass is 261 g/mol. The molecule has 102 valence electrons. The summed E-state index contributed by atoms with van der Waals surface area (Å²) in [6, 6.07) is 8.58. The van der Waals surface area contributed by atoms with Crippen LogP contribution >= 0.6 is 0 Å².